The molecule has 1 saturated heterocycles. The number of carbonyl (C=O) groups excluding carboxylic acids is 2. The molecule has 2 fully saturated rings. The molecule has 3 aromatic rings. The zero-order valence-corrected chi connectivity index (χ0v) is 23.3. The van der Waals surface area contributed by atoms with Crippen LogP contribution in [0.1, 0.15) is 57.8 Å². The fourth-order valence-electron chi connectivity index (χ4n) is 5.77. The Bertz CT molecular complexity index is 1390. The summed E-state index contributed by atoms with van der Waals surface area (Å²) in [7, 11) is 1.62. The summed E-state index contributed by atoms with van der Waals surface area (Å²) in [6, 6.07) is 8.13. The third-order valence-corrected chi connectivity index (χ3v) is 8.81. The highest BCUT2D eigenvalue weighted by atomic mass is 32.1. The number of amides is 2. The molecular weight excluding hydrogens is 531 g/mol. The Balaban J connectivity index is 1.38. The van der Waals surface area contributed by atoms with E-state index in [1.54, 1.807) is 35.7 Å². The van der Waals surface area contributed by atoms with Gasteiger partial charge in [0.05, 0.1) is 12.1 Å². The van der Waals surface area contributed by atoms with Crippen LogP contribution in [0.5, 0.6) is 0 Å². The molecule has 1 aliphatic heterocycles. The van der Waals surface area contributed by atoms with E-state index in [0.29, 0.717) is 47.5 Å². The van der Waals surface area contributed by atoms with Gasteiger partial charge in [-0.1, -0.05) is 31.7 Å². The second kappa shape index (κ2) is 12.2. The molecule has 2 aliphatic rings. The van der Waals surface area contributed by atoms with Gasteiger partial charge >= 0.3 is 5.97 Å². The third-order valence-electron chi connectivity index (χ3n) is 7.89. The van der Waals surface area contributed by atoms with Crippen LogP contribution in [0.25, 0.3) is 22.4 Å². The van der Waals surface area contributed by atoms with E-state index >= 15 is 0 Å². The fraction of sp³-hybridized carbons (Fsp3) is 0.433. The Hall–Kier alpha value is -3.66. The van der Waals surface area contributed by atoms with Gasteiger partial charge in [-0.05, 0) is 55.0 Å². The molecule has 1 atom stereocenters. The number of carboxylic acids is 1. The predicted molar refractivity (Wildman–Crippen MR) is 153 cm³/mol. The first kappa shape index (κ1) is 27.9. The lowest BCUT2D eigenvalue weighted by Gasteiger charge is -2.25. The lowest BCUT2D eigenvalue weighted by atomic mass is 9.90. The number of carboxylic acid groups (broad SMARTS) is 1. The summed E-state index contributed by atoms with van der Waals surface area (Å²) in [6.07, 6.45) is 8.68. The number of thiazole rings is 1. The predicted octanol–water partition coefficient (Wildman–Crippen LogP) is 6.16. The van der Waals surface area contributed by atoms with Gasteiger partial charge in [0.25, 0.3) is 0 Å². The number of nitrogens with zero attached hydrogens (tertiary/aromatic N) is 4. The van der Waals surface area contributed by atoms with Crippen molar-refractivity contribution in [2.24, 2.45) is 11.8 Å². The molecule has 1 unspecified atom stereocenters. The Labute approximate surface area is 236 Å². The summed E-state index contributed by atoms with van der Waals surface area (Å²) in [5.41, 5.74) is 2.54. The van der Waals surface area contributed by atoms with Gasteiger partial charge in [0.15, 0.2) is 5.13 Å². The monoisotopic (exact) mass is 564 g/mol. The van der Waals surface area contributed by atoms with Gasteiger partial charge in [-0.2, -0.15) is 0 Å². The Morgan fingerprint density at radius 3 is 2.65 bits per heavy atom. The minimum Gasteiger partial charge on any atom is -0.481 e. The van der Waals surface area contributed by atoms with Crippen molar-refractivity contribution in [3.05, 3.63) is 47.7 Å². The molecule has 1 saturated carbocycles. The molecule has 1 aliphatic carbocycles. The number of aliphatic carboxylic acids is 1. The van der Waals surface area contributed by atoms with Gasteiger partial charge in [0, 0.05) is 48.6 Å². The second-order valence-electron chi connectivity index (χ2n) is 10.7. The zero-order chi connectivity index (χ0) is 28.2. The van der Waals surface area contributed by atoms with Crippen LogP contribution < -0.4 is 9.80 Å². The van der Waals surface area contributed by atoms with Crippen LogP contribution in [-0.4, -0.2) is 46.5 Å². The maximum atomic E-state index is 14.4. The summed E-state index contributed by atoms with van der Waals surface area (Å²) in [4.78, 5) is 49.5. The highest BCUT2D eigenvalue weighted by molar-refractivity contribution is 7.14. The normalized spacial score (nSPS) is 16.8. The SMILES string of the molecule is CN(C(=O)C(CC(=O)O)CC1CCCC1)c1nc(-c2cc(F)ccc2-c2ccc(N3CCCCC3=O)nc2)cs1. The van der Waals surface area contributed by atoms with Crippen molar-refractivity contribution in [3.8, 4) is 22.4 Å². The molecule has 210 valence electrons. The van der Waals surface area contributed by atoms with Crippen molar-refractivity contribution in [1.29, 1.82) is 0 Å². The van der Waals surface area contributed by atoms with Crippen LogP contribution in [0.2, 0.25) is 0 Å². The Morgan fingerprint density at radius 2 is 1.95 bits per heavy atom. The summed E-state index contributed by atoms with van der Waals surface area (Å²) < 4.78 is 14.4. The first-order chi connectivity index (χ1) is 19.3. The van der Waals surface area contributed by atoms with E-state index in [1.807, 2.05) is 6.07 Å². The molecule has 8 nitrogen and oxygen atoms in total. The molecule has 5 rings (SSSR count). The van der Waals surface area contributed by atoms with Crippen molar-refractivity contribution in [2.45, 2.75) is 57.8 Å². The van der Waals surface area contributed by atoms with E-state index in [9.17, 15) is 23.9 Å². The molecule has 0 bridgehead atoms. The average Bonchev–Trinajstić information content (AvgIpc) is 3.65. The standard InChI is InChI=1S/C30H33FN4O4S/c1-34(29(39)21(15-28(37)38)14-19-6-2-3-7-19)30-33-25(18-40-30)24-16-22(31)10-11-23(24)20-9-12-26(32-17-20)35-13-5-4-8-27(35)36/h9-12,16-19,21H,2-8,13-15H2,1H3,(H,37,38). The van der Waals surface area contributed by atoms with Gasteiger partial charge < -0.3 is 5.11 Å². The lowest BCUT2D eigenvalue weighted by molar-refractivity contribution is -0.140. The van der Waals surface area contributed by atoms with Gasteiger partial charge in [0.2, 0.25) is 11.8 Å². The number of hydrogen-bond acceptors (Lipinski definition) is 6. The molecule has 10 heteroatoms. The van der Waals surface area contributed by atoms with Gasteiger partial charge in [0.1, 0.15) is 11.6 Å². The number of carbonyl (C=O) groups is 3. The van der Waals surface area contributed by atoms with E-state index in [1.165, 1.54) is 28.4 Å². The number of halogens is 1. The van der Waals surface area contributed by atoms with E-state index in [2.05, 4.69) is 9.97 Å². The van der Waals surface area contributed by atoms with Crippen LogP contribution >= 0.6 is 11.3 Å². The molecule has 0 spiro atoms. The third kappa shape index (κ3) is 6.22. The topological polar surface area (TPSA) is 104 Å². The van der Waals surface area contributed by atoms with Crippen LogP contribution in [0.4, 0.5) is 15.3 Å². The number of benzene rings is 1. The van der Waals surface area contributed by atoms with Crippen molar-refractivity contribution in [2.75, 3.05) is 23.4 Å². The molecule has 2 aromatic heterocycles. The first-order valence-corrected chi connectivity index (χ1v) is 14.7. The van der Waals surface area contributed by atoms with Crippen LogP contribution in [0, 0.1) is 17.7 Å². The van der Waals surface area contributed by atoms with Crippen molar-refractivity contribution in [1.82, 2.24) is 9.97 Å². The molecule has 2 amide bonds. The number of hydrogen-bond donors (Lipinski definition) is 1. The molecule has 1 aromatic carbocycles. The first-order valence-electron chi connectivity index (χ1n) is 13.8. The second-order valence-corrected chi connectivity index (χ2v) is 11.5. The van der Waals surface area contributed by atoms with Crippen LogP contribution in [-0.2, 0) is 14.4 Å². The minimum atomic E-state index is -0.988. The van der Waals surface area contributed by atoms with Gasteiger partial charge in [-0.3, -0.25) is 24.2 Å². The number of piperidine rings is 1. The van der Waals surface area contributed by atoms with Gasteiger partial charge in [-0.15, -0.1) is 11.3 Å². The summed E-state index contributed by atoms with van der Waals surface area (Å²) in [5.74, 6) is -1.24. The maximum Gasteiger partial charge on any atom is 0.304 e. The smallest absolute Gasteiger partial charge is 0.304 e. The Morgan fingerprint density at radius 1 is 1.15 bits per heavy atom. The molecule has 1 N–H and O–H groups in total. The van der Waals surface area contributed by atoms with E-state index in [4.69, 9.17) is 0 Å². The molecule has 40 heavy (non-hydrogen) atoms. The summed E-state index contributed by atoms with van der Waals surface area (Å²) >= 11 is 1.26. The van der Waals surface area contributed by atoms with Gasteiger partial charge in [-0.25, -0.2) is 14.4 Å². The van der Waals surface area contributed by atoms with Crippen LogP contribution in [0.3, 0.4) is 0 Å². The summed E-state index contributed by atoms with van der Waals surface area (Å²) in [5, 5.41) is 11.6. The maximum absolute atomic E-state index is 14.4. The largest absolute Gasteiger partial charge is 0.481 e. The van der Waals surface area contributed by atoms with Crippen molar-refractivity contribution >= 4 is 40.1 Å². The molecular formula is C30H33FN4O4S. The van der Waals surface area contributed by atoms with Crippen molar-refractivity contribution in [3.63, 3.8) is 0 Å². The van der Waals surface area contributed by atoms with E-state index in [-0.39, 0.29) is 18.2 Å². The van der Waals surface area contributed by atoms with E-state index < -0.39 is 17.7 Å². The number of aromatic nitrogens is 2. The number of pyridine rings is 1. The zero-order valence-electron chi connectivity index (χ0n) is 22.5. The van der Waals surface area contributed by atoms with Crippen molar-refractivity contribution < 1.29 is 23.9 Å². The minimum absolute atomic E-state index is 0.0662. The average molecular weight is 565 g/mol. The Kier molecular flexibility index (Phi) is 8.54. The molecule has 3 heterocycles. The highest BCUT2D eigenvalue weighted by Crippen LogP contribution is 2.37. The van der Waals surface area contributed by atoms with E-state index in [0.717, 1.165) is 49.7 Å². The fourth-order valence-corrected chi connectivity index (χ4v) is 6.57. The number of anilines is 2. The lowest BCUT2D eigenvalue weighted by Crippen LogP contribution is -2.35. The quantitative estimate of drug-likeness (QED) is 0.334. The number of rotatable bonds is 9. The highest BCUT2D eigenvalue weighted by Gasteiger charge is 2.31. The molecule has 0 radical (unpaired) electrons. The van der Waals surface area contributed by atoms with Crippen LogP contribution in [0.15, 0.2) is 41.9 Å². The summed E-state index contributed by atoms with van der Waals surface area (Å²) in [6.45, 7) is 0.648.